The highest BCUT2D eigenvalue weighted by atomic mass is 127. The van der Waals surface area contributed by atoms with E-state index >= 15 is 0 Å². The van der Waals surface area contributed by atoms with Gasteiger partial charge in [-0.25, -0.2) is 0 Å². The minimum atomic E-state index is -1.81. The van der Waals surface area contributed by atoms with Crippen molar-refractivity contribution in [2.75, 3.05) is 6.61 Å². The maximum atomic E-state index is 13.6. The van der Waals surface area contributed by atoms with Crippen molar-refractivity contribution in [3.63, 3.8) is 0 Å². The maximum absolute atomic E-state index is 13.6. The van der Waals surface area contributed by atoms with E-state index in [0.717, 1.165) is 25.9 Å². The lowest BCUT2D eigenvalue weighted by Gasteiger charge is -2.38. The van der Waals surface area contributed by atoms with Gasteiger partial charge in [0, 0.05) is 18.4 Å². The molecule has 0 amide bonds. The summed E-state index contributed by atoms with van der Waals surface area (Å²) in [6.07, 6.45) is 10.2. The highest BCUT2D eigenvalue weighted by molar-refractivity contribution is 14.1. The van der Waals surface area contributed by atoms with E-state index in [9.17, 15) is 4.79 Å². The summed E-state index contributed by atoms with van der Waals surface area (Å²) < 4.78 is 7.95. The van der Waals surface area contributed by atoms with Crippen LogP contribution in [0, 0.1) is 29.1 Å². The molecule has 3 aliphatic carbocycles. The second-order valence-corrected chi connectivity index (χ2v) is 17.7. The third-order valence-electron chi connectivity index (χ3n) is 8.29. The molecule has 28 heavy (non-hydrogen) atoms. The van der Waals surface area contributed by atoms with Crippen molar-refractivity contribution in [2.24, 2.45) is 29.1 Å². The lowest BCUT2D eigenvalue weighted by Crippen LogP contribution is -2.43. The third-order valence-corrected chi connectivity index (χ3v) is 13.2. The first kappa shape index (κ1) is 22.7. The molecule has 0 heterocycles. The van der Waals surface area contributed by atoms with Crippen LogP contribution in [-0.2, 0) is 9.22 Å². The molecule has 158 valence electrons. The van der Waals surface area contributed by atoms with Gasteiger partial charge >= 0.3 is 0 Å². The molecule has 2 fully saturated rings. The Balaban J connectivity index is 1.80. The van der Waals surface area contributed by atoms with Crippen LogP contribution in [0.3, 0.4) is 0 Å². The van der Waals surface area contributed by atoms with Gasteiger partial charge in [-0.3, -0.25) is 4.79 Å². The molecule has 0 aromatic carbocycles. The van der Waals surface area contributed by atoms with Gasteiger partial charge in [0.25, 0.3) is 0 Å². The van der Waals surface area contributed by atoms with Gasteiger partial charge in [0.2, 0.25) is 0 Å². The highest BCUT2D eigenvalue weighted by Gasteiger charge is 2.67. The molecule has 0 spiro atoms. The smallest absolute Gasteiger partial charge is 0.191 e. The summed E-state index contributed by atoms with van der Waals surface area (Å²) in [6.45, 7) is 16.8. The van der Waals surface area contributed by atoms with Gasteiger partial charge in [-0.1, -0.05) is 45.4 Å². The van der Waals surface area contributed by atoms with E-state index < -0.39 is 8.32 Å². The second-order valence-electron chi connectivity index (χ2n) is 11.2. The minimum Gasteiger partial charge on any atom is -0.417 e. The first-order chi connectivity index (χ1) is 12.9. The lowest BCUT2D eigenvalue weighted by molar-refractivity contribution is -0.127. The highest BCUT2D eigenvalue weighted by Crippen LogP contribution is 2.69. The quantitative estimate of drug-likeness (QED) is 0.211. The van der Waals surface area contributed by atoms with E-state index in [2.05, 4.69) is 82.5 Å². The molecule has 0 radical (unpaired) electrons. The topological polar surface area (TPSA) is 26.3 Å². The number of carbonyl (C=O) groups is 1. The minimum absolute atomic E-state index is 0.162. The second kappa shape index (κ2) is 7.95. The van der Waals surface area contributed by atoms with Crippen molar-refractivity contribution in [3.8, 4) is 0 Å². The van der Waals surface area contributed by atoms with Gasteiger partial charge in [0.1, 0.15) is 5.78 Å². The van der Waals surface area contributed by atoms with Gasteiger partial charge in [-0.2, -0.15) is 0 Å². The summed E-state index contributed by atoms with van der Waals surface area (Å²) in [7, 11) is -1.81. The van der Waals surface area contributed by atoms with Crippen molar-refractivity contribution >= 4 is 36.7 Å². The number of halogens is 1. The zero-order valence-corrected chi connectivity index (χ0v) is 22.1. The van der Waals surface area contributed by atoms with E-state index in [1.54, 1.807) is 5.57 Å². The summed E-state index contributed by atoms with van der Waals surface area (Å²) in [5.74, 6) is 1.88. The van der Waals surface area contributed by atoms with Gasteiger partial charge in [-0.15, -0.1) is 0 Å². The van der Waals surface area contributed by atoms with Crippen molar-refractivity contribution in [1.29, 1.82) is 0 Å². The predicted octanol–water partition coefficient (Wildman–Crippen LogP) is 7.30. The Kier molecular flexibility index (Phi) is 6.46. The number of fused-ring (bicyclic) bond motifs is 1. The van der Waals surface area contributed by atoms with E-state index in [4.69, 9.17) is 4.43 Å². The Morgan fingerprint density at radius 1 is 1.39 bits per heavy atom. The number of rotatable bonds is 6. The Bertz CT molecular complexity index is 683. The Morgan fingerprint density at radius 3 is 2.68 bits per heavy atom. The number of Topliss-reactive ketones (excluding diaryl/α,β-unsaturated/α-hetero) is 1. The molecule has 0 aromatic rings. The first-order valence-corrected chi connectivity index (χ1v) is 15.1. The molecule has 0 saturated heterocycles. The molecule has 0 aliphatic heterocycles. The lowest BCUT2D eigenvalue weighted by atomic mass is 9.78. The predicted molar refractivity (Wildman–Crippen MR) is 129 cm³/mol. The fourth-order valence-electron chi connectivity index (χ4n) is 5.31. The Labute approximate surface area is 187 Å². The number of hydrogen-bond acceptors (Lipinski definition) is 2. The van der Waals surface area contributed by atoms with Gasteiger partial charge < -0.3 is 4.43 Å². The Hall–Kier alpha value is 0.0569. The molecule has 0 N–H and O–H groups in total. The molecule has 2 saturated carbocycles. The SMILES string of the molecule is C/C(I)=C/C[C@H](CO[Si](C)(C)C(C)(C)C)[C@H]1CCC2=CCC[C@]3(C)[C@H](C1=O)[C@H]23. The van der Waals surface area contributed by atoms with Crippen LogP contribution in [0.15, 0.2) is 21.3 Å². The van der Waals surface area contributed by atoms with Crippen LogP contribution in [-0.4, -0.2) is 20.7 Å². The zero-order valence-electron chi connectivity index (χ0n) is 18.9. The molecule has 5 atom stereocenters. The zero-order chi connectivity index (χ0) is 20.9. The molecular weight excluding hydrogens is 475 g/mol. The first-order valence-electron chi connectivity index (χ1n) is 11.1. The Morgan fingerprint density at radius 2 is 2.07 bits per heavy atom. The van der Waals surface area contributed by atoms with Crippen LogP contribution in [0.2, 0.25) is 18.1 Å². The van der Waals surface area contributed by atoms with E-state index in [-0.39, 0.29) is 22.3 Å². The molecule has 3 aliphatic rings. The van der Waals surface area contributed by atoms with Crippen LogP contribution in [0.5, 0.6) is 0 Å². The van der Waals surface area contributed by atoms with Crippen LogP contribution in [0.1, 0.15) is 66.7 Å². The third kappa shape index (κ3) is 4.25. The summed E-state index contributed by atoms with van der Waals surface area (Å²) in [4.78, 5) is 13.6. The van der Waals surface area contributed by atoms with E-state index in [1.807, 2.05) is 0 Å². The number of carbonyl (C=O) groups excluding carboxylic acids is 1. The number of hydrogen-bond donors (Lipinski definition) is 0. The van der Waals surface area contributed by atoms with Crippen LogP contribution in [0.25, 0.3) is 0 Å². The van der Waals surface area contributed by atoms with Crippen LogP contribution >= 0.6 is 22.6 Å². The van der Waals surface area contributed by atoms with Crippen LogP contribution in [0.4, 0.5) is 0 Å². The fourth-order valence-corrected chi connectivity index (χ4v) is 6.63. The molecule has 3 rings (SSSR count). The van der Waals surface area contributed by atoms with Crippen molar-refractivity contribution < 1.29 is 9.22 Å². The van der Waals surface area contributed by atoms with Gasteiger partial charge in [-0.05, 0) is 101 Å². The van der Waals surface area contributed by atoms with Crippen molar-refractivity contribution in [1.82, 2.24) is 0 Å². The standard InChI is InChI=1S/C24H39IO2Si/c1-16(25)10-11-18(15-27-28(6,7)23(2,3)4)19-13-12-17-9-8-14-24(5)20(17)21(24)22(19)26/h9-10,18-21H,8,11-15H2,1-7H3/b16-10-/t18-,19-,20+,21+,24+/m1/s1. The number of allylic oxidation sites excluding steroid dienone is 4. The van der Waals surface area contributed by atoms with Crippen molar-refractivity contribution in [3.05, 3.63) is 21.3 Å². The monoisotopic (exact) mass is 514 g/mol. The average molecular weight is 515 g/mol. The molecule has 0 aromatic heterocycles. The van der Waals surface area contributed by atoms with Gasteiger partial charge in [0.05, 0.1) is 0 Å². The summed E-state index contributed by atoms with van der Waals surface area (Å²) >= 11 is 2.39. The molecule has 4 heteroatoms. The number of ketones is 1. The van der Waals surface area contributed by atoms with E-state index in [1.165, 1.54) is 16.4 Å². The molecule has 0 bridgehead atoms. The molecular formula is C24H39IO2Si. The molecule has 0 unspecified atom stereocenters. The van der Waals surface area contributed by atoms with Gasteiger partial charge in [0.15, 0.2) is 8.32 Å². The van der Waals surface area contributed by atoms with E-state index in [0.29, 0.717) is 17.6 Å². The molecule has 2 nitrogen and oxygen atoms in total. The summed E-state index contributed by atoms with van der Waals surface area (Å²) in [6, 6.07) is 0. The maximum Gasteiger partial charge on any atom is 0.191 e. The fraction of sp³-hybridized carbons (Fsp3) is 0.792. The van der Waals surface area contributed by atoms with Crippen molar-refractivity contribution in [2.45, 2.75) is 84.9 Å². The average Bonchev–Trinajstić information content (AvgIpc) is 3.24. The summed E-state index contributed by atoms with van der Waals surface area (Å²) in [5.41, 5.74) is 1.86. The van der Waals surface area contributed by atoms with Crippen LogP contribution < -0.4 is 0 Å². The normalized spacial score (nSPS) is 34.4. The largest absolute Gasteiger partial charge is 0.417 e. The summed E-state index contributed by atoms with van der Waals surface area (Å²) in [5, 5.41) is 0.205.